The molecule has 0 amide bonds. The Morgan fingerprint density at radius 1 is 1.29 bits per heavy atom. The minimum atomic E-state index is -3.45. The van der Waals surface area contributed by atoms with Crippen LogP contribution in [0.15, 0.2) is 39.3 Å². The zero-order chi connectivity index (χ0) is 12.5. The Hall–Kier alpha value is -1.34. The van der Waals surface area contributed by atoms with Gasteiger partial charge in [-0.25, -0.2) is 13.4 Å². The van der Waals surface area contributed by atoms with Crippen LogP contribution in [0, 0.1) is 0 Å². The van der Waals surface area contributed by atoms with E-state index in [1.54, 1.807) is 12.1 Å². The van der Waals surface area contributed by atoms with E-state index in [4.69, 9.17) is 9.84 Å². The first kappa shape index (κ1) is 12.1. The first-order chi connectivity index (χ1) is 7.97. The summed E-state index contributed by atoms with van der Waals surface area (Å²) in [6.45, 7) is -0.140. The Morgan fingerprint density at radius 3 is 2.47 bits per heavy atom. The monoisotopic (exact) mass is 317 g/mol. The van der Waals surface area contributed by atoms with Crippen molar-refractivity contribution < 1.29 is 18.3 Å². The highest BCUT2D eigenvalue weighted by atomic mass is 79.9. The third kappa shape index (κ3) is 2.86. The third-order valence-electron chi connectivity index (χ3n) is 2.01. The fourth-order valence-corrected chi connectivity index (χ4v) is 3.17. The average molecular weight is 318 g/mol. The van der Waals surface area contributed by atoms with Crippen LogP contribution in [0.2, 0.25) is 0 Å². The van der Waals surface area contributed by atoms with Crippen molar-refractivity contribution in [2.75, 3.05) is 6.61 Å². The van der Waals surface area contributed by atoms with Gasteiger partial charge >= 0.3 is 0 Å². The molecule has 0 aromatic heterocycles. The topological polar surface area (TPSA) is 76.0 Å². The molecule has 2 rings (SSSR count). The van der Waals surface area contributed by atoms with E-state index in [2.05, 4.69) is 20.9 Å². The van der Waals surface area contributed by atoms with Crippen molar-refractivity contribution in [3.05, 3.63) is 34.3 Å². The molecule has 0 fully saturated rings. The standard InChI is InChI=1S/C10H8BrNO4S/c11-9-6-17(14,15)10(12-9)5-16-8-3-1-7(13)2-4-8/h1-4,6,13H,5H2. The van der Waals surface area contributed by atoms with E-state index in [9.17, 15) is 8.42 Å². The number of aliphatic imine (C=N–C) groups is 1. The van der Waals surface area contributed by atoms with Gasteiger partial charge in [0, 0.05) is 0 Å². The van der Waals surface area contributed by atoms with Crippen molar-refractivity contribution in [2.45, 2.75) is 0 Å². The molecule has 0 saturated heterocycles. The quantitative estimate of drug-likeness (QED) is 0.862. The SMILES string of the molecule is O=S1(=O)C=C(Br)N=C1COc1ccc(O)cc1. The summed E-state index contributed by atoms with van der Waals surface area (Å²) >= 11 is 3.00. The molecule has 0 atom stereocenters. The Balaban J connectivity index is 2.05. The summed E-state index contributed by atoms with van der Waals surface area (Å²) in [5.41, 5.74) is 0. The van der Waals surface area contributed by atoms with Crippen LogP contribution in [0.4, 0.5) is 0 Å². The molecule has 0 unspecified atom stereocenters. The summed E-state index contributed by atoms with van der Waals surface area (Å²) in [4.78, 5) is 3.81. The molecule has 1 aromatic carbocycles. The van der Waals surface area contributed by atoms with Crippen LogP contribution in [0.5, 0.6) is 11.5 Å². The highest BCUT2D eigenvalue weighted by Crippen LogP contribution is 2.21. The number of hydrogen-bond acceptors (Lipinski definition) is 5. The Labute approximate surface area is 106 Å². The zero-order valence-electron chi connectivity index (χ0n) is 8.50. The fraction of sp³-hybridized carbons (Fsp3) is 0.100. The summed E-state index contributed by atoms with van der Waals surface area (Å²) in [5.74, 6) is 0.580. The average Bonchev–Trinajstić information content (AvgIpc) is 2.51. The lowest BCUT2D eigenvalue weighted by Gasteiger charge is -2.05. The molecule has 1 heterocycles. The van der Waals surface area contributed by atoms with Crippen LogP contribution in [-0.2, 0) is 9.84 Å². The first-order valence-electron chi connectivity index (χ1n) is 4.59. The highest BCUT2D eigenvalue weighted by molar-refractivity contribution is 9.11. The van der Waals surface area contributed by atoms with Gasteiger partial charge in [-0.2, -0.15) is 0 Å². The minimum absolute atomic E-state index is 0.0440. The molecule has 5 nitrogen and oxygen atoms in total. The molecular weight excluding hydrogens is 310 g/mol. The number of phenols is 1. The van der Waals surface area contributed by atoms with Crippen LogP contribution < -0.4 is 4.74 Å². The summed E-state index contributed by atoms with van der Waals surface area (Å²) in [7, 11) is -3.45. The van der Waals surface area contributed by atoms with Gasteiger partial charge in [-0.05, 0) is 40.2 Å². The van der Waals surface area contributed by atoms with E-state index in [0.29, 0.717) is 5.75 Å². The summed E-state index contributed by atoms with van der Waals surface area (Å²) < 4.78 is 28.5. The van der Waals surface area contributed by atoms with Gasteiger partial charge < -0.3 is 9.84 Å². The lowest BCUT2D eigenvalue weighted by atomic mass is 10.3. The van der Waals surface area contributed by atoms with Gasteiger partial charge in [0.15, 0.2) is 5.04 Å². The Kier molecular flexibility index (Phi) is 3.21. The van der Waals surface area contributed by atoms with Gasteiger partial charge in [-0.1, -0.05) is 0 Å². The maximum atomic E-state index is 11.5. The Bertz CT molecular complexity index is 589. The number of rotatable bonds is 3. The normalized spacial score (nSPS) is 17.5. The van der Waals surface area contributed by atoms with E-state index >= 15 is 0 Å². The molecule has 17 heavy (non-hydrogen) atoms. The van der Waals surface area contributed by atoms with Crippen molar-refractivity contribution >= 4 is 30.8 Å². The molecule has 7 heteroatoms. The van der Waals surface area contributed by atoms with Gasteiger partial charge in [-0.15, -0.1) is 0 Å². The lowest BCUT2D eigenvalue weighted by Crippen LogP contribution is -2.17. The molecule has 0 saturated carbocycles. The number of phenolic OH excluding ortho intramolecular Hbond substituents is 1. The number of hydrogen-bond donors (Lipinski definition) is 1. The molecule has 0 spiro atoms. The summed E-state index contributed by atoms with van der Waals surface area (Å²) in [6, 6.07) is 5.99. The van der Waals surface area contributed by atoms with E-state index in [1.807, 2.05) is 0 Å². The maximum absolute atomic E-state index is 11.5. The predicted molar refractivity (Wildman–Crippen MR) is 67.0 cm³/mol. The minimum Gasteiger partial charge on any atom is -0.508 e. The smallest absolute Gasteiger partial charge is 0.219 e. The molecule has 1 aliphatic heterocycles. The summed E-state index contributed by atoms with van der Waals surface area (Å²) in [6.07, 6.45) is 0. The molecule has 0 aliphatic carbocycles. The lowest BCUT2D eigenvalue weighted by molar-refractivity contribution is 0.377. The van der Waals surface area contributed by atoms with Crippen LogP contribution in [0.1, 0.15) is 0 Å². The number of benzene rings is 1. The largest absolute Gasteiger partial charge is 0.508 e. The second-order valence-corrected chi connectivity index (χ2v) is 5.88. The van der Waals surface area contributed by atoms with E-state index in [1.165, 1.54) is 12.1 Å². The van der Waals surface area contributed by atoms with Crippen molar-refractivity contribution in [3.63, 3.8) is 0 Å². The zero-order valence-corrected chi connectivity index (χ0v) is 10.9. The van der Waals surface area contributed by atoms with Crippen molar-refractivity contribution in [1.82, 2.24) is 0 Å². The molecule has 1 N–H and O–H groups in total. The van der Waals surface area contributed by atoms with E-state index in [-0.39, 0.29) is 22.0 Å². The number of aromatic hydroxyl groups is 1. The molecular formula is C10H8BrNO4S. The van der Waals surface area contributed by atoms with Crippen molar-refractivity contribution in [3.8, 4) is 11.5 Å². The molecule has 0 radical (unpaired) electrons. The number of sulfone groups is 1. The van der Waals surface area contributed by atoms with Gasteiger partial charge in [0.25, 0.3) is 0 Å². The van der Waals surface area contributed by atoms with Gasteiger partial charge in [0.1, 0.15) is 22.7 Å². The predicted octanol–water partition coefficient (Wildman–Crippen LogP) is 1.79. The van der Waals surface area contributed by atoms with Crippen LogP contribution in [0.3, 0.4) is 0 Å². The third-order valence-corrected chi connectivity index (χ3v) is 4.12. The Morgan fingerprint density at radius 2 is 1.94 bits per heavy atom. The molecule has 0 bridgehead atoms. The highest BCUT2D eigenvalue weighted by Gasteiger charge is 2.24. The number of ether oxygens (including phenoxy) is 1. The maximum Gasteiger partial charge on any atom is 0.219 e. The van der Waals surface area contributed by atoms with Crippen LogP contribution >= 0.6 is 15.9 Å². The first-order valence-corrected chi connectivity index (χ1v) is 6.93. The van der Waals surface area contributed by atoms with Crippen LogP contribution in [-0.4, -0.2) is 25.2 Å². The molecule has 90 valence electrons. The summed E-state index contributed by atoms with van der Waals surface area (Å²) in [5, 5.41) is 10.1. The number of nitrogens with zero attached hydrogens (tertiary/aromatic N) is 1. The van der Waals surface area contributed by atoms with Gasteiger partial charge in [0.05, 0.1) is 5.41 Å². The second kappa shape index (κ2) is 4.50. The van der Waals surface area contributed by atoms with Gasteiger partial charge in [0.2, 0.25) is 9.84 Å². The number of halogens is 1. The molecule has 1 aromatic rings. The van der Waals surface area contributed by atoms with E-state index < -0.39 is 9.84 Å². The van der Waals surface area contributed by atoms with E-state index in [0.717, 1.165) is 5.41 Å². The fourth-order valence-electron chi connectivity index (χ4n) is 1.21. The molecule has 1 aliphatic rings. The van der Waals surface area contributed by atoms with Crippen molar-refractivity contribution in [2.24, 2.45) is 4.99 Å². The van der Waals surface area contributed by atoms with Gasteiger partial charge in [-0.3, -0.25) is 0 Å². The van der Waals surface area contributed by atoms with Crippen molar-refractivity contribution in [1.29, 1.82) is 0 Å². The second-order valence-electron chi connectivity index (χ2n) is 3.27. The van der Waals surface area contributed by atoms with Crippen LogP contribution in [0.25, 0.3) is 0 Å².